The fourth-order valence-electron chi connectivity index (χ4n) is 2.99. The summed E-state index contributed by atoms with van der Waals surface area (Å²) in [6, 6.07) is 3.63. The number of likely N-dealkylation sites (N-methyl/N-ethyl adjacent to an activating group) is 1. The quantitative estimate of drug-likeness (QED) is 0.756. The Hall–Kier alpha value is -0.650. The summed E-state index contributed by atoms with van der Waals surface area (Å²) in [6.45, 7) is 2.10. The molecule has 1 aliphatic heterocycles. The summed E-state index contributed by atoms with van der Waals surface area (Å²) in [4.78, 5) is 6.80. The highest BCUT2D eigenvalue weighted by atomic mass is 79.9. The normalized spacial score (nSPS) is 20.7. The van der Waals surface area contributed by atoms with Crippen LogP contribution in [0.4, 0.5) is 4.39 Å². The molecule has 20 heavy (non-hydrogen) atoms. The van der Waals surface area contributed by atoms with Crippen molar-refractivity contribution in [1.29, 1.82) is 0 Å². The van der Waals surface area contributed by atoms with Crippen LogP contribution in [0.25, 0.3) is 11.0 Å². The van der Waals surface area contributed by atoms with E-state index in [1.54, 1.807) is 0 Å². The minimum atomic E-state index is -0.288. The third kappa shape index (κ3) is 2.47. The number of nitrogens with zero attached hydrogens (tertiary/aromatic N) is 3. The second-order valence-corrected chi connectivity index (χ2v) is 6.47. The van der Waals surface area contributed by atoms with Crippen molar-refractivity contribution < 1.29 is 4.39 Å². The van der Waals surface area contributed by atoms with Gasteiger partial charge in [-0.2, -0.15) is 0 Å². The van der Waals surface area contributed by atoms with E-state index in [0.29, 0.717) is 21.9 Å². The van der Waals surface area contributed by atoms with Gasteiger partial charge in [-0.05, 0) is 48.4 Å². The monoisotopic (exact) mass is 359 g/mol. The van der Waals surface area contributed by atoms with Gasteiger partial charge in [-0.3, -0.25) is 0 Å². The van der Waals surface area contributed by atoms with E-state index >= 15 is 0 Å². The first kappa shape index (κ1) is 14.3. The van der Waals surface area contributed by atoms with Crippen LogP contribution in [0.2, 0.25) is 0 Å². The molecule has 1 aromatic heterocycles. The smallest absolute Gasteiger partial charge is 0.139 e. The molecule has 0 spiro atoms. The predicted octanol–water partition coefficient (Wildman–Crippen LogP) is 3.94. The molecular weight excluding hydrogens is 345 g/mol. The molecule has 1 fully saturated rings. The lowest BCUT2D eigenvalue weighted by atomic mass is 10.1. The molecule has 1 unspecified atom stereocenters. The molecule has 0 bridgehead atoms. The van der Waals surface area contributed by atoms with Crippen molar-refractivity contribution in [2.75, 3.05) is 20.1 Å². The van der Waals surface area contributed by atoms with E-state index in [-0.39, 0.29) is 5.82 Å². The second kappa shape index (κ2) is 5.62. The first-order valence-electron chi connectivity index (χ1n) is 6.70. The van der Waals surface area contributed by atoms with Crippen LogP contribution in [0.5, 0.6) is 0 Å². The van der Waals surface area contributed by atoms with Crippen molar-refractivity contribution in [3.8, 4) is 0 Å². The Kier molecular flexibility index (Phi) is 4.02. The number of aromatic nitrogens is 2. The average molecular weight is 361 g/mol. The van der Waals surface area contributed by atoms with Crippen LogP contribution >= 0.6 is 27.5 Å². The zero-order valence-corrected chi connectivity index (χ0v) is 13.6. The van der Waals surface area contributed by atoms with E-state index in [0.717, 1.165) is 37.3 Å². The van der Waals surface area contributed by atoms with Gasteiger partial charge in [0.25, 0.3) is 0 Å². The Morgan fingerprint density at radius 1 is 1.50 bits per heavy atom. The third-order valence-electron chi connectivity index (χ3n) is 3.89. The number of benzene rings is 1. The minimum Gasteiger partial charge on any atom is -0.323 e. The van der Waals surface area contributed by atoms with Gasteiger partial charge in [0.15, 0.2) is 0 Å². The van der Waals surface area contributed by atoms with Crippen LogP contribution in [0, 0.1) is 5.82 Å². The Labute approximate surface area is 130 Å². The molecule has 1 atom stereocenters. The summed E-state index contributed by atoms with van der Waals surface area (Å²) < 4.78 is 16.3. The number of hydrogen-bond acceptors (Lipinski definition) is 2. The summed E-state index contributed by atoms with van der Waals surface area (Å²) >= 11 is 9.29. The van der Waals surface area contributed by atoms with E-state index in [1.807, 2.05) is 6.07 Å². The minimum absolute atomic E-state index is 0.288. The first-order chi connectivity index (χ1) is 9.60. The van der Waals surface area contributed by atoms with Crippen LogP contribution in [0.15, 0.2) is 16.6 Å². The topological polar surface area (TPSA) is 21.1 Å². The Balaban J connectivity index is 2.14. The van der Waals surface area contributed by atoms with Crippen LogP contribution in [0.1, 0.15) is 24.7 Å². The number of alkyl halides is 1. The SMILES string of the molecule is CN1CCCC(n2c(CCl)nc3cc(F)c(Br)cc32)C1. The molecule has 2 aromatic rings. The van der Waals surface area contributed by atoms with Gasteiger partial charge >= 0.3 is 0 Å². The number of fused-ring (bicyclic) bond motifs is 1. The summed E-state index contributed by atoms with van der Waals surface area (Å²) in [6.07, 6.45) is 2.26. The molecule has 1 aliphatic rings. The van der Waals surface area contributed by atoms with E-state index in [9.17, 15) is 4.39 Å². The predicted molar refractivity (Wildman–Crippen MR) is 82.7 cm³/mol. The number of hydrogen-bond donors (Lipinski definition) is 0. The Morgan fingerprint density at radius 2 is 2.30 bits per heavy atom. The zero-order valence-electron chi connectivity index (χ0n) is 11.2. The zero-order chi connectivity index (χ0) is 14.3. The molecule has 108 valence electrons. The number of piperidine rings is 1. The molecule has 3 rings (SSSR count). The fourth-order valence-corrected chi connectivity index (χ4v) is 3.51. The lowest BCUT2D eigenvalue weighted by Crippen LogP contribution is -2.34. The third-order valence-corrected chi connectivity index (χ3v) is 4.74. The van der Waals surface area contributed by atoms with Crippen LogP contribution < -0.4 is 0 Å². The van der Waals surface area contributed by atoms with Gasteiger partial charge < -0.3 is 9.47 Å². The second-order valence-electron chi connectivity index (χ2n) is 5.34. The highest BCUT2D eigenvalue weighted by Gasteiger charge is 2.23. The van der Waals surface area contributed by atoms with Gasteiger partial charge in [0, 0.05) is 18.7 Å². The Morgan fingerprint density at radius 3 is 3.00 bits per heavy atom. The van der Waals surface area contributed by atoms with Crippen molar-refractivity contribution in [2.24, 2.45) is 0 Å². The number of halogens is 3. The molecule has 0 aliphatic carbocycles. The van der Waals surface area contributed by atoms with Crippen LogP contribution in [-0.2, 0) is 5.88 Å². The molecule has 0 saturated carbocycles. The Bertz CT molecular complexity index is 643. The van der Waals surface area contributed by atoms with Crippen molar-refractivity contribution in [3.05, 3.63) is 28.2 Å². The fraction of sp³-hybridized carbons (Fsp3) is 0.500. The molecule has 1 saturated heterocycles. The lowest BCUT2D eigenvalue weighted by Gasteiger charge is -2.31. The van der Waals surface area contributed by atoms with E-state index in [2.05, 4.69) is 37.4 Å². The largest absolute Gasteiger partial charge is 0.323 e. The van der Waals surface area contributed by atoms with Crippen molar-refractivity contribution in [1.82, 2.24) is 14.5 Å². The summed E-state index contributed by atoms with van der Waals surface area (Å²) in [5, 5.41) is 0. The van der Waals surface area contributed by atoms with Gasteiger partial charge in [0.2, 0.25) is 0 Å². The first-order valence-corrected chi connectivity index (χ1v) is 8.03. The van der Waals surface area contributed by atoms with Gasteiger partial charge in [0.05, 0.1) is 21.4 Å². The van der Waals surface area contributed by atoms with E-state index in [4.69, 9.17) is 11.6 Å². The highest BCUT2D eigenvalue weighted by Crippen LogP contribution is 2.31. The van der Waals surface area contributed by atoms with Crippen molar-refractivity contribution in [2.45, 2.75) is 24.8 Å². The summed E-state index contributed by atoms with van der Waals surface area (Å²) in [7, 11) is 2.13. The molecule has 0 N–H and O–H groups in total. The highest BCUT2D eigenvalue weighted by molar-refractivity contribution is 9.10. The van der Waals surface area contributed by atoms with Gasteiger partial charge in [-0.15, -0.1) is 11.6 Å². The van der Waals surface area contributed by atoms with Gasteiger partial charge in [-0.25, -0.2) is 9.37 Å². The summed E-state index contributed by atoms with van der Waals surface area (Å²) in [5.74, 6) is 0.872. The lowest BCUT2D eigenvalue weighted by molar-refractivity contribution is 0.213. The van der Waals surface area contributed by atoms with Crippen LogP contribution in [-0.4, -0.2) is 34.6 Å². The summed E-state index contributed by atoms with van der Waals surface area (Å²) in [5.41, 5.74) is 1.63. The maximum Gasteiger partial charge on any atom is 0.139 e. The molecule has 0 radical (unpaired) electrons. The maximum atomic E-state index is 13.7. The van der Waals surface area contributed by atoms with Crippen molar-refractivity contribution >= 4 is 38.6 Å². The number of rotatable bonds is 2. The van der Waals surface area contributed by atoms with E-state index < -0.39 is 0 Å². The molecule has 0 amide bonds. The van der Waals surface area contributed by atoms with Gasteiger partial charge in [0.1, 0.15) is 11.6 Å². The molecular formula is C14H16BrClFN3. The molecule has 3 nitrogen and oxygen atoms in total. The number of imidazole rings is 1. The number of likely N-dealkylation sites (tertiary alicyclic amines) is 1. The standard InChI is InChI=1S/C14H16BrClFN3/c1-19-4-2-3-9(8-19)20-13-5-10(15)11(17)6-12(13)18-14(20)7-16/h5-6,9H,2-4,7-8H2,1H3. The van der Waals surface area contributed by atoms with E-state index in [1.165, 1.54) is 6.07 Å². The molecule has 1 aromatic carbocycles. The maximum absolute atomic E-state index is 13.7. The average Bonchev–Trinajstić information content (AvgIpc) is 2.77. The van der Waals surface area contributed by atoms with Crippen molar-refractivity contribution in [3.63, 3.8) is 0 Å². The van der Waals surface area contributed by atoms with Gasteiger partial charge in [-0.1, -0.05) is 0 Å². The molecule has 2 heterocycles. The molecule has 6 heteroatoms. The van der Waals surface area contributed by atoms with Crippen LogP contribution in [0.3, 0.4) is 0 Å².